The Morgan fingerprint density at radius 1 is 0.844 bits per heavy atom. The molecule has 32 heavy (non-hydrogen) atoms. The number of carboxylic acid groups (broad SMARTS) is 1. The molecule has 0 saturated carbocycles. The van der Waals surface area contributed by atoms with Crippen molar-refractivity contribution < 1.29 is 19.5 Å². The van der Waals surface area contributed by atoms with Crippen LogP contribution in [0.25, 0.3) is 0 Å². The number of benzene rings is 3. The van der Waals surface area contributed by atoms with Crippen molar-refractivity contribution >= 4 is 40.9 Å². The summed E-state index contributed by atoms with van der Waals surface area (Å²) in [7, 11) is 0. The van der Waals surface area contributed by atoms with Gasteiger partial charge in [-0.15, -0.1) is 11.8 Å². The summed E-state index contributed by atoms with van der Waals surface area (Å²) in [6, 6.07) is 18.9. The summed E-state index contributed by atoms with van der Waals surface area (Å²) >= 11 is 1.41. The first-order valence-electron chi connectivity index (χ1n) is 10.0. The quantitative estimate of drug-likeness (QED) is 0.422. The SMILES string of the molecule is Cc1cccc(NC(=O)C(C)Sc2ccc(NC(=O)c3ccccc3C(=O)O)cc2)c1C. The van der Waals surface area contributed by atoms with E-state index < -0.39 is 11.9 Å². The average Bonchev–Trinajstić information content (AvgIpc) is 2.78. The van der Waals surface area contributed by atoms with Gasteiger partial charge in [0.15, 0.2) is 0 Å². The minimum Gasteiger partial charge on any atom is -0.478 e. The maximum atomic E-state index is 12.6. The van der Waals surface area contributed by atoms with Gasteiger partial charge in [-0.2, -0.15) is 0 Å². The van der Waals surface area contributed by atoms with Gasteiger partial charge in [0.1, 0.15) is 0 Å². The largest absolute Gasteiger partial charge is 0.478 e. The number of anilines is 2. The Morgan fingerprint density at radius 2 is 1.50 bits per heavy atom. The average molecular weight is 449 g/mol. The number of hydrogen-bond acceptors (Lipinski definition) is 4. The third kappa shape index (κ3) is 5.56. The van der Waals surface area contributed by atoms with Gasteiger partial charge >= 0.3 is 5.97 Å². The van der Waals surface area contributed by atoms with Gasteiger partial charge < -0.3 is 15.7 Å². The predicted octanol–water partition coefficient (Wildman–Crippen LogP) is 5.37. The zero-order chi connectivity index (χ0) is 23.3. The van der Waals surface area contributed by atoms with Crippen LogP contribution in [-0.2, 0) is 4.79 Å². The Kier molecular flexibility index (Phi) is 7.33. The molecule has 0 spiro atoms. The van der Waals surface area contributed by atoms with Crippen molar-refractivity contribution in [3.05, 3.63) is 89.0 Å². The molecular weight excluding hydrogens is 424 g/mol. The number of rotatable bonds is 7. The monoisotopic (exact) mass is 448 g/mol. The second-order valence-electron chi connectivity index (χ2n) is 7.33. The molecular formula is C25H24N2O4S. The number of hydrogen-bond donors (Lipinski definition) is 3. The Labute approximate surface area is 191 Å². The molecule has 3 N–H and O–H groups in total. The van der Waals surface area contributed by atoms with E-state index in [-0.39, 0.29) is 22.3 Å². The Hall–Kier alpha value is -3.58. The van der Waals surface area contributed by atoms with Crippen LogP contribution >= 0.6 is 11.8 Å². The van der Waals surface area contributed by atoms with E-state index >= 15 is 0 Å². The fourth-order valence-corrected chi connectivity index (χ4v) is 3.93. The summed E-state index contributed by atoms with van der Waals surface area (Å²) in [5, 5.41) is 14.6. The van der Waals surface area contributed by atoms with E-state index in [0.29, 0.717) is 5.69 Å². The van der Waals surface area contributed by atoms with Crippen LogP contribution in [-0.4, -0.2) is 28.1 Å². The molecule has 1 unspecified atom stereocenters. The third-order valence-electron chi connectivity index (χ3n) is 5.06. The highest BCUT2D eigenvalue weighted by atomic mass is 32.2. The fourth-order valence-electron chi connectivity index (χ4n) is 3.06. The van der Waals surface area contributed by atoms with Crippen LogP contribution in [0.2, 0.25) is 0 Å². The van der Waals surface area contributed by atoms with Crippen LogP contribution in [0, 0.1) is 13.8 Å². The molecule has 0 aromatic heterocycles. The minimum atomic E-state index is -1.16. The molecule has 3 aromatic rings. The zero-order valence-electron chi connectivity index (χ0n) is 18.0. The van der Waals surface area contributed by atoms with Gasteiger partial charge in [0.05, 0.1) is 16.4 Å². The van der Waals surface area contributed by atoms with Crippen LogP contribution in [0.3, 0.4) is 0 Å². The first-order chi connectivity index (χ1) is 15.3. The summed E-state index contributed by atoms with van der Waals surface area (Å²) < 4.78 is 0. The summed E-state index contributed by atoms with van der Waals surface area (Å²) in [6.45, 7) is 5.82. The lowest BCUT2D eigenvalue weighted by Gasteiger charge is -2.15. The number of carbonyl (C=O) groups excluding carboxylic acids is 2. The van der Waals surface area contributed by atoms with Crippen molar-refractivity contribution in [3.8, 4) is 0 Å². The molecule has 0 radical (unpaired) electrons. The van der Waals surface area contributed by atoms with Gasteiger partial charge in [0, 0.05) is 16.3 Å². The smallest absolute Gasteiger partial charge is 0.336 e. The van der Waals surface area contributed by atoms with E-state index in [4.69, 9.17) is 0 Å². The highest BCUT2D eigenvalue weighted by Gasteiger charge is 2.17. The van der Waals surface area contributed by atoms with Crippen molar-refractivity contribution in [3.63, 3.8) is 0 Å². The first kappa shape index (κ1) is 23.1. The maximum Gasteiger partial charge on any atom is 0.336 e. The zero-order valence-corrected chi connectivity index (χ0v) is 18.8. The molecule has 3 aromatic carbocycles. The molecule has 3 rings (SSSR count). The molecule has 7 heteroatoms. The van der Waals surface area contributed by atoms with Crippen LogP contribution < -0.4 is 10.6 Å². The maximum absolute atomic E-state index is 12.6. The molecule has 6 nitrogen and oxygen atoms in total. The number of aryl methyl sites for hydroxylation is 1. The van der Waals surface area contributed by atoms with Crippen LogP contribution in [0.4, 0.5) is 11.4 Å². The Bertz CT molecular complexity index is 1160. The van der Waals surface area contributed by atoms with E-state index in [2.05, 4.69) is 10.6 Å². The second-order valence-corrected chi connectivity index (χ2v) is 8.74. The van der Waals surface area contributed by atoms with Crippen LogP contribution in [0.1, 0.15) is 38.8 Å². The summed E-state index contributed by atoms with van der Waals surface area (Å²) in [6.07, 6.45) is 0. The van der Waals surface area contributed by atoms with Crippen molar-refractivity contribution in [2.24, 2.45) is 0 Å². The molecule has 0 aliphatic rings. The lowest BCUT2D eigenvalue weighted by molar-refractivity contribution is -0.115. The molecule has 0 fully saturated rings. The second kappa shape index (κ2) is 10.2. The first-order valence-corrected chi connectivity index (χ1v) is 10.9. The van der Waals surface area contributed by atoms with Gasteiger partial charge in [-0.3, -0.25) is 9.59 Å². The molecule has 0 heterocycles. The fraction of sp³-hybridized carbons (Fsp3) is 0.160. The molecule has 0 bridgehead atoms. The molecule has 0 saturated heterocycles. The van der Waals surface area contributed by atoms with Gasteiger partial charge in [-0.1, -0.05) is 24.3 Å². The molecule has 164 valence electrons. The lowest BCUT2D eigenvalue weighted by atomic mass is 10.1. The lowest BCUT2D eigenvalue weighted by Crippen LogP contribution is -2.22. The Morgan fingerprint density at radius 3 is 2.16 bits per heavy atom. The van der Waals surface area contributed by atoms with Gasteiger partial charge in [0.2, 0.25) is 5.91 Å². The van der Waals surface area contributed by atoms with Gasteiger partial charge in [-0.05, 0) is 74.4 Å². The van der Waals surface area contributed by atoms with Crippen molar-refractivity contribution in [1.29, 1.82) is 0 Å². The molecule has 0 aliphatic heterocycles. The van der Waals surface area contributed by atoms with Crippen LogP contribution in [0.15, 0.2) is 71.6 Å². The van der Waals surface area contributed by atoms with E-state index in [1.54, 1.807) is 24.3 Å². The highest BCUT2D eigenvalue weighted by molar-refractivity contribution is 8.00. The number of amides is 2. The van der Waals surface area contributed by atoms with Gasteiger partial charge in [-0.25, -0.2) is 4.79 Å². The number of carbonyl (C=O) groups is 3. The van der Waals surface area contributed by atoms with Crippen molar-refractivity contribution in [2.75, 3.05) is 10.6 Å². The normalized spacial score (nSPS) is 11.5. The summed E-state index contributed by atoms with van der Waals surface area (Å²) in [5.41, 5.74) is 3.54. The third-order valence-corrected chi connectivity index (χ3v) is 6.17. The Balaban J connectivity index is 1.62. The topological polar surface area (TPSA) is 95.5 Å². The minimum absolute atomic E-state index is 0.0548. The van der Waals surface area contributed by atoms with E-state index in [1.165, 1.54) is 23.9 Å². The van der Waals surface area contributed by atoms with Crippen molar-refractivity contribution in [1.82, 2.24) is 0 Å². The molecule has 1 atom stereocenters. The standard InChI is InChI=1S/C25H24N2O4S/c1-15-7-6-10-22(16(15)2)27-23(28)17(3)32-19-13-11-18(12-14-19)26-24(29)20-8-4-5-9-21(20)25(30)31/h4-14,17H,1-3H3,(H,26,29)(H,27,28)(H,30,31). The van der Waals surface area contributed by atoms with Crippen molar-refractivity contribution in [2.45, 2.75) is 30.9 Å². The predicted molar refractivity (Wildman–Crippen MR) is 128 cm³/mol. The number of aromatic carboxylic acids is 1. The van der Waals surface area contributed by atoms with Crippen LogP contribution in [0.5, 0.6) is 0 Å². The number of carboxylic acids is 1. The molecule has 2 amide bonds. The number of nitrogens with one attached hydrogen (secondary N) is 2. The van der Waals surface area contributed by atoms with E-state index in [0.717, 1.165) is 21.7 Å². The number of thioether (sulfide) groups is 1. The summed E-state index contributed by atoms with van der Waals surface area (Å²) in [4.78, 5) is 37.3. The van der Waals surface area contributed by atoms with Gasteiger partial charge in [0.25, 0.3) is 5.91 Å². The summed E-state index contributed by atoms with van der Waals surface area (Å²) in [5.74, 6) is -1.74. The highest BCUT2D eigenvalue weighted by Crippen LogP contribution is 2.27. The van der Waals surface area contributed by atoms with E-state index in [1.807, 2.05) is 51.1 Å². The van der Waals surface area contributed by atoms with E-state index in [9.17, 15) is 19.5 Å². The molecule has 0 aliphatic carbocycles.